The first kappa shape index (κ1) is 9.76. The van der Waals surface area contributed by atoms with E-state index < -0.39 is 0 Å². The lowest BCUT2D eigenvalue weighted by Crippen LogP contribution is -1.95. The number of hydrogen-bond donors (Lipinski definition) is 0. The van der Waals surface area contributed by atoms with Crippen LogP contribution in [0, 0.1) is 0 Å². The second-order valence-electron chi connectivity index (χ2n) is 4.55. The molecule has 0 saturated heterocycles. The predicted molar refractivity (Wildman–Crippen MR) is 62.2 cm³/mol. The highest BCUT2D eigenvalue weighted by atomic mass is 14.2. The van der Waals surface area contributed by atoms with Crippen LogP contribution in [0.1, 0.15) is 51.9 Å². The van der Waals surface area contributed by atoms with Crippen LogP contribution < -0.4 is 0 Å². The molecule has 0 bridgehead atoms. The zero-order valence-electron chi connectivity index (χ0n) is 9.18. The average Bonchev–Trinajstić information content (AvgIpc) is 2.29. The lowest BCUT2D eigenvalue weighted by molar-refractivity contribution is 0.613. The molecule has 0 spiro atoms. The van der Waals surface area contributed by atoms with Crippen molar-refractivity contribution in [3.05, 3.63) is 34.9 Å². The molecule has 0 atom stereocenters. The Morgan fingerprint density at radius 1 is 0.857 bits per heavy atom. The van der Waals surface area contributed by atoms with Gasteiger partial charge in [0.15, 0.2) is 0 Å². The minimum atomic E-state index is 1.16. The van der Waals surface area contributed by atoms with E-state index in [2.05, 4.69) is 25.2 Å². The summed E-state index contributed by atoms with van der Waals surface area (Å²) in [5.74, 6) is 0. The van der Waals surface area contributed by atoms with Crippen molar-refractivity contribution in [3.63, 3.8) is 0 Å². The SMILES string of the molecule is CC1=CC=C2CCCCCCC2=CC1. The fourth-order valence-corrected chi connectivity index (χ4v) is 2.32. The number of hydrogen-bond acceptors (Lipinski definition) is 0. The van der Waals surface area contributed by atoms with E-state index in [1.54, 1.807) is 11.1 Å². The van der Waals surface area contributed by atoms with E-state index >= 15 is 0 Å². The van der Waals surface area contributed by atoms with Crippen LogP contribution in [0.15, 0.2) is 34.9 Å². The number of rotatable bonds is 0. The quantitative estimate of drug-likeness (QED) is 0.523. The number of fused-ring (bicyclic) bond motifs is 1. The summed E-state index contributed by atoms with van der Waals surface area (Å²) in [7, 11) is 0. The fraction of sp³-hybridized carbons (Fsp3) is 0.571. The molecule has 0 heterocycles. The van der Waals surface area contributed by atoms with Crippen LogP contribution in [0.5, 0.6) is 0 Å². The average molecular weight is 188 g/mol. The van der Waals surface area contributed by atoms with Gasteiger partial charge in [0.2, 0.25) is 0 Å². The standard InChI is InChI=1S/C14H20/c1-12-8-10-13-6-4-2-3-5-7-14(13)11-9-12/h8,10-11H,2-7,9H2,1H3. The smallest absolute Gasteiger partial charge is 0.0133 e. The lowest BCUT2D eigenvalue weighted by Gasteiger charge is -2.15. The molecule has 0 heteroatoms. The first-order chi connectivity index (χ1) is 6.86. The zero-order valence-corrected chi connectivity index (χ0v) is 9.18. The highest BCUT2D eigenvalue weighted by Gasteiger charge is 2.09. The highest BCUT2D eigenvalue weighted by Crippen LogP contribution is 2.29. The Labute approximate surface area is 87.4 Å². The van der Waals surface area contributed by atoms with E-state index in [9.17, 15) is 0 Å². The van der Waals surface area contributed by atoms with Gasteiger partial charge < -0.3 is 0 Å². The molecule has 2 aliphatic carbocycles. The molecule has 0 amide bonds. The van der Waals surface area contributed by atoms with Crippen LogP contribution in [0.25, 0.3) is 0 Å². The van der Waals surface area contributed by atoms with E-state index in [4.69, 9.17) is 0 Å². The third-order valence-corrected chi connectivity index (χ3v) is 3.29. The summed E-state index contributed by atoms with van der Waals surface area (Å²) in [6, 6.07) is 0. The molecule has 14 heavy (non-hydrogen) atoms. The van der Waals surface area contributed by atoms with E-state index in [1.165, 1.54) is 44.1 Å². The summed E-state index contributed by atoms with van der Waals surface area (Å²) in [5, 5.41) is 0. The summed E-state index contributed by atoms with van der Waals surface area (Å²) in [6.45, 7) is 2.23. The summed E-state index contributed by atoms with van der Waals surface area (Å²) in [6.07, 6.45) is 16.5. The Morgan fingerprint density at radius 3 is 2.36 bits per heavy atom. The largest absolute Gasteiger partial charge is 0.0770 e. The van der Waals surface area contributed by atoms with Gasteiger partial charge in [-0.3, -0.25) is 0 Å². The van der Waals surface area contributed by atoms with E-state index in [1.807, 2.05) is 0 Å². The maximum absolute atomic E-state index is 2.45. The Morgan fingerprint density at radius 2 is 1.57 bits per heavy atom. The van der Waals surface area contributed by atoms with Gasteiger partial charge in [-0.25, -0.2) is 0 Å². The van der Waals surface area contributed by atoms with Crippen molar-refractivity contribution in [2.75, 3.05) is 0 Å². The van der Waals surface area contributed by atoms with Gasteiger partial charge >= 0.3 is 0 Å². The van der Waals surface area contributed by atoms with Gasteiger partial charge in [-0.15, -0.1) is 0 Å². The molecule has 0 radical (unpaired) electrons. The van der Waals surface area contributed by atoms with Crippen LogP contribution in [0.4, 0.5) is 0 Å². The molecule has 0 N–H and O–H groups in total. The Balaban J connectivity index is 2.19. The first-order valence-corrected chi connectivity index (χ1v) is 5.92. The molecule has 1 fully saturated rings. The van der Waals surface area contributed by atoms with Crippen molar-refractivity contribution >= 4 is 0 Å². The summed E-state index contributed by atoms with van der Waals surface area (Å²) >= 11 is 0. The van der Waals surface area contributed by atoms with Gasteiger partial charge in [0, 0.05) is 0 Å². The number of allylic oxidation sites excluding steroid dienone is 6. The maximum atomic E-state index is 2.45. The van der Waals surface area contributed by atoms with Crippen molar-refractivity contribution in [1.29, 1.82) is 0 Å². The summed E-state index contributed by atoms with van der Waals surface area (Å²) in [5.41, 5.74) is 4.75. The minimum absolute atomic E-state index is 1.16. The maximum Gasteiger partial charge on any atom is -0.0133 e. The van der Waals surface area contributed by atoms with Crippen LogP contribution in [0.2, 0.25) is 0 Å². The van der Waals surface area contributed by atoms with Crippen LogP contribution in [-0.4, -0.2) is 0 Å². The molecular weight excluding hydrogens is 168 g/mol. The van der Waals surface area contributed by atoms with E-state index in [0.717, 1.165) is 6.42 Å². The minimum Gasteiger partial charge on any atom is -0.0770 e. The van der Waals surface area contributed by atoms with E-state index in [0.29, 0.717) is 0 Å². The van der Waals surface area contributed by atoms with Crippen molar-refractivity contribution in [1.82, 2.24) is 0 Å². The van der Waals surface area contributed by atoms with Gasteiger partial charge in [0.25, 0.3) is 0 Å². The Kier molecular flexibility index (Phi) is 3.23. The second-order valence-corrected chi connectivity index (χ2v) is 4.55. The van der Waals surface area contributed by atoms with Crippen molar-refractivity contribution in [2.24, 2.45) is 0 Å². The van der Waals surface area contributed by atoms with Crippen LogP contribution >= 0.6 is 0 Å². The molecule has 2 aliphatic rings. The third kappa shape index (κ3) is 2.37. The Hall–Kier alpha value is -0.780. The lowest BCUT2D eigenvalue weighted by atomic mass is 9.91. The van der Waals surface area contributed by atoms with Gasteiger partial charge in [-0.05, 0) is 50.2 Å². The molecule has 2 rings (SSSR count). The molecule has 0 aromatic rings. The van der Waals surface area contributed by atoms with Gasteiger partial charge in [-0.1, -0.05) is 36.6 Å². The van der Waals surface area contributed by atoms with Gasteiger partial charge in [0.1, 0.15) is 0 Å². The summed E-state index contributed by atoms with van der Waals surface area (Å²) < 4.78 is 0. The molecule has 0 unspecified atom stereocenters. The highest BCUT2D eigenvalue weighted by molar-refractivity contribution is 5.38. The first-order valence-electron chi connectivity index (χ1n) is 5.92. The second kappa shape index (κ2) is 4.63. The topological polar surface area (TPSA) is 0 Å². The Bertz CT molecular complexity index is 289. The molecule has 0 aromatic carbocycles. The molecule has 1 saturated carbocycles. The molecule has 0 aromatic heterocycles. The van der Waals surface area contributed by atoms with Crippen LogP contribution in [-0.2, 0) is 0 Å². The molecule has 0 nitrogen and oxygen atoms in total. The molecule has 76 valence electrons. The molecule has 0 aliphatic heterocycles. The van der Waals surface area contributed by atoms with Crippen molar-refractivity contribution in [3.8, 4) is 0 Å². The van der Waals surface area contributed by atoms with Gasteiger partial charge in [-0.2, -0.15) is 0 Å². The molecular formula is C14H20. The normalized spacial score (nSPS) is 23.4. The van der Waals surface area contributed by atoms with Crippen LogP contribution in [0.3, 0.4) is 0 Å². The van der Waals surface area contributed by atoms with Crippen molar-refractivity contribution < 1.29 is 0 Å². The zero-order chi connectivity index (χ0) is 9.80. The summed E-state index contributed by atoms with van der Waals surface area (Å²) in [4.78, 5) is 0. The predicted octanol–water partition coefficient (Wildman–Crippen LogP) is 4.54. The third-order valence-electron chi connectivity index (χ3n) is 3.29. The van der Waals surface area contributed by atoms with Crippen molar-refractivity contribution in [2.45, 2.75) is 51.9 Å². The monoisotopic (exact) mass is 188 g/mol. The fourth-order valence-electron chi connectivity index (χ4n) is 2.32. The van der Waals surface area contributed by atoms with E-state index in [-0.39, 0.29) is 0 Å². The van der Waals surface area contributed by atoms with Gasteiger partial charge in [0.05, 0.1) is 0 Å².